The van der Waals surface area contributed by atoms with Crippen LogP contribution in [0.15, 0.2) is 30.3 Å². The van der Waals surface area contributed by atoms with Crippen molar-refractivity contribution in [3.8, 4) is 0 Å². The van der Waals surface area contributed by atoms with Gasteiger partial charge in [0.2, 0.25) is 5.91 Å². The number of rotatable bonds is 4. The first-order valence-corrected chi connectivity index (χ1v) is 6.75. The molecule has 0 spiro atoms. The Labute approximate surface area is 114 Å². The predicted octanol–water partition coefficient (Wildman–Crippen LogP) is 2.12. The fourth-order valence-electron chi connectivity index (χ4n) is 2.32. The maximum Gasteiger partial charge on any atom is 0.219 e. The number of benzene rings is 1. The van der Waals surface area contributed by atoms with Gasteiger partial charge in [-0.05, 0) is 12.0 Å². The Hall–Kier alpha value is -1.00. The third-order valence-electron chi connectivity index (χ3n) is 3.22. The summed E-state index contributed by atoms with van der Waals surface area (Å²) in [6, 6.07) is 10.2. The molecule has 0 bridgehead atoms. The lowest BCUT2D eigenvalue weighted by atomic mass is 10.2. The smallest absolute Gasteiger partial charge is 0.219 e. The van der Waals surface area contributed by atoms with Crippen LogP contribution < -0.4 is 0 Å². The minimum atomic E-state index is 0.111. The van der Waals surface area contributed by atoms with Crippen LogP contribution in [0.5, 0.6) is 0 Å². The first-order chi connectivity index (χ1) is 8.66. The molecule has 98 valence electrons. The van der Waals surface area contributed by atoms with Gasteiger partial charge in [-0.2, -0.15) is 12.6 Å². The summed E-state index contributed by atoms with van der Waals surface area (Å²) < 4.78 is 5.70. The van der Waals surface area contributed by atoms with Gasteiger partial charge in [0.25, 0.3) is 0 Å². The van der Waals surface area contributed by atoms with Crippen LogP contribution in [0.2, 0.25) is 0 Å². The van der Waals surface area contributed by atoms with E-state index in [4.69, 9.17) is 4.74 Å². The highest BCUT2D eigenvalue weighted by Gasteiger charge is 2.31. The molecule has 1 fully saturated rings. The molecule has 1 aromatic rings. The molecule has 0 radical (unpaired) electrons. The normalized spacial score (nSPS) is 23.3. The van der Waals surface area contributed by atoms with Gasteiger partial charge in [-0.3, -0.25) is 4.79 Å². The number of hydrogen-bond acceptors (Lipinski definition) is 3. The predicted molar refractivity (Wildman–Crippen MR) is 74.7 cm³/mol. The van der Waals surface area contributed by atoms with Crippen molar-refractivity contribution in [2.24, 2.45) is 0 Å². The van der Waals surface area contributed by atoms with E-state index in [1.165, 1.54) is 0 Å². The van der Waals surface area contributed by atoms with Crippen molar-refractivity contribution in [1.29, 1.82) is 0 Å². The Morgan fingerprint density at radius 2 is 2.17 bits per heavy atom. The zero-order valence-corrected chi connectivity index (χ0v) is 11.5. The lowest BCUT2D eigenvalue weighted by Crippen LogP contribution is -2.36. The van der Waals surface area contributed by atoms with E-state index in [1.807, 2.05) is 35.2 Å². The molecule has 1 heterocycles. The second-order valence-corrected chi connectivity index (χ2v) is 5.45. The van der Waals surface area contributed by atoms with E-state index in [0.717, 1.165) is 18.5 Å². The van der Waals surface area contributed by atoms with Crippen molar-refractivity contribution in [1.82, 2.24) is 4.90 Å². The SMILES string of the molecule is CC(=O)N1C[C@H](S)C[C@H]1COCc1ccccc1. The molecule has 1 saturated heterocycles. The van der Waals surface area contributed by atoms with Gasteiger partial charge in [0.1, 0.15) is 0 Å². The van der Waals surface area contributed by atoms with Crippen LogP contribution in [0.25, 0.3) is 0 Å². The van der Waals surface area contributed by atoms with E-state index >= 15 is 0 Å². The highest BCUT2D eigenvalue weighted by Crippen LogP contribution is 2.22. The van der Waals surface area contributed by atoms with Crippen LogP contribution in [0.3, 0.4) is 0 Å². The molecule has 1 aromatic carbocycles. The van der Waals surface area contributed by atoms with Crippen LogP contribution in [0.1, 0.15) is 18.9 Å². The average molecular weight is 265 g/mol. The Balaban J connectivity index is 1.81. The first-order valence-electron chi connectivity index (χ1n) is 6.23. The number of hydrogen-bond donors (Lipinski definition) is 1. The van der Waals surface area contributed by atoms with Crippen molar-refractivity contribution in [2.45, 2.75) is 31.2 Å². The van der Waals surface area contributed by atoms with Crippen molar-refractivity contribution in [3.63, 3.8) is 0 Å². The molecule has 2 atom stereocenters. The summed E-state index contributed by atoms with van der Waals surface area (Å²) in [6.07, 6.45) is 0.914. The van der Waals surface area contributed by atoms with Crippen LogP contribution in [-0.2, 0) is 16.1 Å². The second-order valence-electron chi connectivity index (χ2n) is 4.72. The quantitative estimate of drug-likeness (QED) is 0.845. The number of nitrogens with zero attached hydrogens (tertiary/aromatic N) is 1. The molecule has 0 N–H and O–H groups in total. The Bertz CT molecular complexity index is 396. The molecule has 3 nitrogen and oxygen atoms in total. The summed E-state index contributed by atoms with van der Waals surface area (Å²) in [6.45, 7) is 3.53. The lowest BCUT2D eigenvalue weighted by molar-refractivity contribution is -0.130. The Morgan fingerprint density at radius 1 is 1.44 bits per heavy atom. The average Bonchev–Trinajstić information content (AvgIpc) is 2.72. The third kappa shape index (κ3) is 3.50. The molecule has 1 aliphatic heterocycles. The number of carbonyl (C=O) groups excluding carboxylic acids is 1. The van der Waals surface area contributed by atoms with E-state index < -0.39 is 0 Å². The standard InChI is InChI=1S/C14H19NO2S/c1-11(16)15-8-14(18)7-13(15)10-17-9-12-5-3-2-4-6-12/h2-6,13-14,18H,7-10H2,1H3/t13-,14+/m0/s1. The number of ether oxygens (including phenoxy) is 1. The third-order valence-corrected chi connectivity index (χ3v) is 3.59. The highest BCUT2D eigenvalue weighted by atomic mass is 32.1. The van der Waals surface area contributed by atoms with E-state index in [0.29, 0.717) is 13.2 Å². The van der Waals surface area contributed by atoms with Crippen LogP contribution >= 0.6 is 12.6 Å². The maximum absolute atomic E-state index is 11.5. The summed E-state index contributed by atoms with van der Waals surface area (Å²) in [5, 5.41) is 0.277. The summed E-state index contributed by atoms with van der Waals surface area (Å²) in [5.74, 6) is 0.111. The monoisotopic (exact) mass is 265 g/mol. The summed E-state index contributed by atoms with van der Waals surface area (Å²) in [4.78, 5) is 13.3. The van der Waals surface area contributed by atoms with Gasteiger partial charge >= 0.3 is 0 Å². The molecule has 0 aliphatic carbocycles. The molecule has 0 unspecified atom stereocenters. The summed E-state index contributed by atoms with van der Waals surface area (Å²) in [7, 11) is 0. The molecule has 0 aromatic heterocycles. The molecule has 18 heavy (non-hydrogen) atoms. The van der Waals surface area contributed by atoms with Gasteiger partial charge < -0.3 is 9.64 Å². The zero-order chi connectivity index (χ0) is 13.0. The fourth-order valence-corrected chi connectivity index (χ4v) is 2.74. The number of thiol groups is 1. The van der Waals surface area contributed by atoms with Gasteiger partial charge in [-0.1, -0.05) is 30.3 Å². The summed E-state index contributed by atoms with van der Waals surface area (Å²) >= 11 is 4.45. The van der Waals surface area contributed by atoms with Crippen LogP contribution in [0.4, 0.5) is 0 Å². The number of amides is 1. The molecular formula is C14H19NO2S. The summed E-state index contributed by atoms with van der Waals surface area (Å²) in [5.41, 5.74) is 1.16. The molecular weight excluding hydrogens is 246 g/mol. The fraction of sp³-hybridized carbons (Fsp3) is 0.500. The topological polar surface area (TPSA) is 29.5 Å². The minimum Gasteiger partial charge on any atom is -0.375 e. The van der Waals surface area contributed by atoms with E-state index in [-0.39, 0.29) is 17.2 Å². The molecule has 0 saturated carbocycles. The maximum atomic E-state index is 11.5. The van der Waals surface area contributed by atoms with Crippen molar-refractivity contribution in [3.05, 3.63) is 35.9 Å². The Kier molecular flexibility index (Phi) is 4.66. The molecule has 4 heteroatoms. The molecule has 2 rings (SSSR count). The van der Waals surface area contributed by atoms with Gasteiger partial charge in [-0.15, -0.1) is 0 Å². The van der Waals surface area contributed by atoms with Gasteiger partial charge in [0.05, 0.1) is 19.3 Å². The van der Waals surface area contributed by atoms with Gasteiger partial charge in [0, 0.05) is 18.7 Å². The lowest BCUT2D eigenvalue weighted by Gasteiger charge is -2.22. The van der Waals surface area contributed by atoms with Gasteiger partial charge in [0.15, 0.2) is 0 Å². The van der Waals surface area contributed by atoms with Gasteiger partial charge in [-0.25, -0.2) is 0 Å². The highest BCUT2D eigenvalue weighted by molar-refractivity contribution is 7.81. The van der Waals surface area contributed by atoms with E-state index in [1.54, 1.807) is 6.92 Å². The second kappa shape index (κ2) is 6.25. The number of carbonyl (C=O) groups is 1. The van der Waals surface area contributed by atoms with Crippen molar-refractivity contribution >= 4 is 18.5 Å². The number of likely N-dealkylation sites (tertiary alicyclic amines) is 1. The largest absolute Gasteiger partial charge is 0.375 e. The Morgan fingerprint density at radius 3 is 2.83 bits per heavy atom. The molecule has 1 amide bonds. The van der Waals surface area contributed by atoms with Crippen molar-refractivity contribution < 1.29 is 9.53 Å². The van der Waals surface area contributed by atoms with Crippen LogP contribution in [-0.4, -0.2) is 35.3 Å². The van der Waals surface area contributed by atoms with E-state index in [2.05, 4.69) is 12.6 Å². The van der Waals surface area contributed by atoms with E-state index in [9.17, 15) is 4.79 Å². The molecule has 1 aliphatic rings. The minimum absolute atomic E-state index is 0.111. The first kappa shape index (κ1) is 13.4. The van der Waals surface area contributed by atoms with Crippen LogP contribution in [0, 0.1) is 0 Å². The van der Waals surface area contributed by atoms with Crippen molar-refractivity contribution in [2.75, 3.05) is 13.2 Å². The zero-order valence-electron chi connectivity index (χ0n) is 10.6.